The van der Waals surface area contributed by atoms with Gasteiger partial charge < -0.3 is 0 Å². The van der Waals surface area contributed by atoms with Gasteiger partial charge in [0.05, 0.1) is 10.2 Å². The molecule has 0 aromatic carbocycles. The van der Waals surface area contributed by atoms with E-state index in [0.717, 1.165) is 10.2 Å². The molecule has 0 atom stereocenters. The van der Waals surface area contributed by atoms with Gasteiger partial charge in [-0.3, -0.25) is 0 Å². The molecule has 0 N–H and O–H groups in total. The zero-order valence-electron chi connectivity index (χ0n) is 4.00. The highest BCUT2D eigenvalue weighted by Gasteiger charge is 1.27. The molecule has 0 saturated heterocycles. The fourth-order valence-electron chi connectivity index (χ4n) is 0. The van der Waals surface area contributed by atoms with Gasteiger partial charge in [0.2, 0.25) is 0 Å². The third-order valence-electron chi connectivity index (χ3n) is 0.250. The Morgan fingerprint density at radius 2 is 2.25 bits per heavy atom. The number of hydrogen-bond donors (Lipinski definition) is 0. The van der Waals surface area contributed by atoms with Crippen LogP contribution in [0.1, 0.15) is 8.35 Å². The molecule has 0 aliphatic carbocycles. The van der Waals surface area contributed by atoms with Gasteiger partial charge in [0.25, 0.3) is 0 Å². The van der Waals surface area contributed by atoms with Crippen LogP contribution in [-0.4, -0.2) is 10.2 Å². The maximum absolute atomic E-state index is 2.82. The van der Waals surface area contributed by atoms with E-state index in [1.54, 1.807) is 0 Å². The van der Waals surface area contributed by atoms with E-state index in [2.05, 4.69) is 11.5 Å². The number of hydrogen-bond acceptors (Lipinski definition) is 0. The first-order chi connectivity index (χ1) is 1.91. The predicted octanol–water partition coefficient (Wildman–Crippen LogP) is -0.555. The van der Waals surface area contributed by atoms with E-state index in [0.29, 0.717) is 0 Å². The summed E-state index contributed by atoms with van der Waals surface area (Å²) in [6.45, 7) is 1.85. The minimum absolute atomic E-state index is 0. The third kappa shape index (κ3) is 1.78. The molecule has 0 aromatic heterocycles. The van der Waals surface area contributed by atoms with Crippen LogP contribution in [0.3, 0.4) is 0 Å². The molecule has 0 aliphatic rings. The van der Waals surface area contributed by atoms with E-state index in [4.69, 9.17) is 0 Å². The molecule has 0 aromatic rings. The van der Waals surface area contributed by atoms with Crippen molar-refractivity contribution >= 4 is 10.2 Å². The van der Waals surface area contributed by atoms with Gasteiger partial charge in [0, 0.05) is 0 Å². The average molecular weight is 71.2 g/mol. The normalized spacial score (nSPS) is 4.25. The summed E-state index contributed by atoms with van der Waals surface area (Å²) < 4.78 is 0. The first-order valence-corrected chi connectivity index (χ1v) is 2.25. The summed E-state index contributed by atoms with van der Waals surface area (Å²) in [5.74, 6) is 2.74. The van der Waals surface area contributed by atoms with Gasteiger partial charge in [-0.25, -0.2) is 0 Å². The maximum atomic E-state index is 2.82. The van der Waals surface area contributed by atoms with Gasteiger partial charge in [-0.1, -0.05) is 0 Å². The zero-order valence-corrected chi connectivity index (χ0v) is 5.00. The van der Waals surface area contributed by atoms with Crippen LogP contribution in [0.15, 0.2) is 0 Å². The van der Waals surface area contributed by atoms with Crippen molar-refractivity contribution < 1.29 is 1.43 Å². The Hall–Kier alpha value is -0.223. The highest BCUT2D eigenvalue weighted by Crippen LogP contribution is 1.32. The summed E-state index contributed by atoms with van der Waals surface area (Å²) in [6.07, 6.45) is 0. The SMILES string of the molecule is CC#C[SiH3].[H+]. The van der Waals surface area contributed by atoms with Gasteiger partial charge >= 0.3 is 1.43 Å². The fourth-order valence-corrected chi connectivity index (χ4v) is 0. The Bertz CT molecular complexity index is 43.6. The molecule has 0 amide bonds. The van der Waals surface area contributed by atoms with Crippen LogP contribution in [0.2, 0.25) is 0 Å². The lowest BCUT2D eigenvalue weighted by molar-refractivity contribution is 1.93. The summed E-state index contributed by atoms with van der Waals surface area (Å²) in [7, 11) is 1.03. The van der Waals surface area contributed by atoms with Crippen molar-refractivity contribution in [2.24, 2.45) is 0 Å². The lowest BCUT2D eigenvalue weighted by Gasteiger charge is -1.40. The van der Waals surface area contributed by atoms with Crippen LogP contribution in [0.25, 0.3) is 0 Å². The molecule has 0 saturated carbocycles. The molecule has 0 spiro atoms. The topological polar surface area (TPSA) is 0 Å². The maximum Gasteiger partial charge on any atom is 1.00 e. The highest BCUT2D eigenvalue weighted by molar-refractivity contribution is 6.22. The van der Waals surface area contributed by atoms with Gasteiger partial charge in [0.15, 0.2) is 0 Å². The Morgan fingerprint density at radius 3 is 2.25 bits per heavy atom. The van der Waals surface area contributed by atoms with Crippen molar-refractivity contribution in [2.75, 3.05) is 0 Å². The summed E-state index contributed by atoms with van der Waals surface area (Å²) in [6, 6.07) is 0. The predicted molar refractivity (Wildman–Crippen MR) is 24.5 cm³/mol. The van der Waals surface area contributed by atoms with E-state index in [1.165, 1.54) is 0 Å². The van der Waals surface area contributed by atoms with Crippen molar-refractivity contribution in [3.8, 4) is 11.5 Å². The Kier molecular flexibility index (Phi) is 2.62. The third-order valence-corrected chi connectivity index (χ3v) is 0.750. The molecule has 0 bridgehead atoms. The second-order valence-corrected chi connectivity index (χ2v) is 1.00. The lowest BCUT2D eigenvalue weighted by atomic mass is 10.8. The van der Waals surface area contributed by atoms with Crippen LogP contribution >= 0.6 is 0 Å². The van der Waals surface area contributed by atoms with Crippen LogP contribution in [0, 0.1) is 11.5 Å². The van der Waals surface area contributed by atoms with Crippen LogP contribution in [-0.2, 0) is 0 Å². The van der Waals surface area contributed by atoms with Crippen LogP contribution in [0.4, 0.5) is 0 Å². The lowest BCUT2D eigenvalue weighted by Crippen LogP contribution is -1.41. The molecule has 0 fully saturated rings. The highest BCUT2D eigenvalue weighted by atomic mass is 28.1. The fraction of sp³-hybridized carbons (Fsp3) is 0.333. The average Bonchev–Trinajstić information content (AvgIpc) is 1.37. The zero-order chi connectivity index (χ0) is 3.41. The molecule has 0 rings (SSSR count). The van der Waals surface area contributed by atoms with Crippen molar-refractivity contribution in [3.63, 3.8) is 0 Å². The van der Waals surface area contributed by atoms with E-state index < -0.39 is 0 Å². The quantitative estimate of drug-likeness (QED) is 0.265. The summed E-state index contributed by atoms with van der Waals surface area (Å²) in [5, 5.41) is 0. The monoisotopic (exact) mass is 71.0 g/mol. The van der Waals surface area contributed by atoms with E-state index in [-0.39, 0.29) is 1.43 Å². The molecular weight excluding hydrogens is 64.1 g/mol. The van der Waals surface area contributed by atoms with Crippen molar-refractivity contribution in [1.82, 2.24) is 0 Å². The Labute approximate surface area is 31.1 Å². The minimum Gasteiger partial charge on any atom is -0.144 e. The van der Waals surface area contributed by atoms with Gasteiger partial charge in [-0.2, -0.15) is 0 Å². The molecule has 0 unspecified atom stereocenters. The second-order valence-electron chi connectivity index (χ2n) is 0.500. The first kappa shape index (κ1) is 3.78. The van der Waals surface area contributed by atoms with E-state index >= 15 is 0 Å². The van der Waals surface area contributed by atoms with E-state index in [9.17, 15) is 0 Å². The molecule has 0 radical (unpaired) electrons. The molecular formula is C3H7Si+. The molecule has 0 heterocycles. The summed E-state index contributed by atoms with van der Waals surface area (Å²) >= 11 is 0. The molecule has 0 nitrogen and oxygen atoms in total. The van der Waals surface area contributed by atoms with Crippen molar-refractivity contribution in [2.45, 2.75) is 6.92 Å². The largest absolute Gasteiger partial charge is 1.00 e. The van der Waals surface area contributed by atoms with Crippen molar-refractivity contribution in [3.05, 3.63) is 0 Å². The minimum atomic E-state index is 0. The Balaban J connectivity index is 0. The molecule has 1 heteroatoms. The molecule has 0 aliphatic heterocycles. The summed E-state index contributed by atoms with van der Waals surface area (Å²) in [5.41, 5.74) is 2.82. The molecule has 4 heavy (non-hydrogen) atoms. The van der Waals surface area contributed by atoms with Gasteiger partial charge in [-0.15, -0.1) is 11.5 Å². The number of rotatable bonds is 0. The van der Waals surface area contributed by atoms with Crippen molar-refractivity contribution in [1.29, 1.82) is 0 Å². The van der Waals surface area contributed by atoms with Crippen LogP contribution < -0.4 is 0 Å². The standard InChI is InChI=1S/C3H6Si/c1-2-3-4/h1,4H3/p+1. The first-order valence-electron chi connectivity index (χ1n) is 1.25. The smallest absolute Gasteiger partial charge is 0.144 e. The molecule has 22 valence electrons. The van der Waals surface area contributed by atoms with Gasteiger partial charge in [0.1, 0.15) is 0 Å². The van der Waals surface area contributed by atoms with E-state index in [1.807, 2.05) is 6.92 Å². The van der Waals surface area contributed by atoms with Crippen LogP contribution in [0.5, 0.6) is 0 Å². The Morgan fingerprint density at radius 1 is 2.00 bits per heavy atom. The summed E-state index contributed by atoms with van der Waals surface area (Å²) in [4.78, 5) is 0. The second kappa shape index (κ2) is 2.78. The van der Waals surface area contributed by atoms with Gasteiger partial charge in [-0.05, 0) is 6.92 Å².